The van der Waals surface area contributed by atoms with E-state index in [0.29, 0.717) is 23.2 Å². The molecule has 0 amide bonds. The number of nitrogens with two attached hydrogens (primary N) is 1. The van der Waals surface area contributed by atoms with Crippen molar-refractivity contribution in [1.29, 1.82) is 0 Å². The molecule has 0 saturated carbocycles. The fraction of sp³-hybridized carbons (Fsp3) is 0.615. The average Bonchev–Trinajstić information content (AvgIpc) is 2.82. The summed E-state index contributed by atoms with van der Waals surface area (Å²) in [6.45, 7) is 6.99. The van der Waals surface area contributed by atoms with E-state index in [1.807, 2.05) is 0 Å². The Bertz CT molecular complexity index is 433. The Morgan fingerprint density at radius 1 is 1.68 bits per heavy atom. The number of rotatable bonds is 4. The van der Waals surface area contributed by atoms with Crippen LogP contribution in [0.5, 0.6) is 0 Å². The molecule has 1 saturated heterocycles. The van der Waals surface area contributed by atoms with Crippen molar-refractivity contribution in [1.82, 2.24) is 4.90 Å². The Labute approximate surface area is 117 Å². The number of esters is 1. The first-order chi connectivity index (χ1) is 9.08. The summed E-state index contributed by atoms with van der Waals surface area (Å²) in [7, 11) is 0. The maximum absolute atomic E-state index is 11.8. The summed E-state index contributed by atoms with van der Waals surface area (Å²) < 4.78 is 10.9. The molecular weight excluding hydrogens is 264 g/mol. The first-order valence-electron chi connectivity index (χ1n) is 6.43. The van der Waals surface area contributed by atoms with E-state index < -0.39 is 0 Å². The molecule has 1 fully saturated rings. The number of anilines is 1. The normalized spacial score (nSPS) is 20.7. The van der Waals surface area contributed by atoms with E-state index in [1.165, 1.54) is 11.3 Å². The molecule has 0 radical (unpaired) electrons. The first-order valence-corrected chi connectivity index (χ1v) is 7.31. The number of nitrogens with zero attached hydrogens (tertiary/aromatic N) is 1. The number of hydrogen-bond donors (Lipinski definition) is 1. The highest BCUT2D eigenvalue weighted by atomic mass is 32.1. The Hall–Kier alpha value is -1.11. The van der Waals surface area contributed by atoms with Gasteiger partial charge in [-0.2, -0.15) is 0 Å². The van der Waals surface area contributed by atoms with E-state index in [2.05, 4.69) is 18.7 Å². The lowest BCUT2D eigenvalue weighted by atomic mass is 10.2. The Balaban J connectivity index is 1.82. The van der Waals surface area contributed by atoms with Crippen molar-refractivity contribution in [2.75, 3.05) is 32.0 Å². The van der Waals surface area contributed by atoms with Crippen LogP contribution in [0, 0.1) is 0 Å². The van der Waals surface area contributed by atoms with E-state index in [1.54, 1.807) is 11.4 Å². The predicted molar refractivity (Wildman–Crippen MR) is 75.5 cm³/mol. The third-order valence-electron chi connectivity index (χ3n) is 3.18. The van der Waals surface area contributed by atoms with Gasteiger partial charge < -0.3 is 15.2 Å². The molecule has 1 unspecified atom stereocenters. The first kappa shape index (κ1) is 14.3. The zero-order valence-corrected chi connectivity index (χ0v) is 12.1. The standard InChI is InChI=1S/C13H20N2O3S/c1-9(2)15-4-5-17-10(7-15)8-18-13(16)12-11(14)3-6-19-12/h3,6,9-10H,4-5,7-8,14H2,1-2H3. The largest absolute Gasteiger partial charge is 0.459 e. The molecule has 1 atom stereocenters. The van der Waals surface area contributed by atoms with Gasteiger partial charge in [0.05, 0.1) is 12.3 Å². The predicted octanol–water partition coefficient (Wildman–Crippen LogP) is 1.60. The SMILES string of the molecule is CC(C)N1CCOC(COC(=O)c2sccc2N)C1. The van der Waals surface area contributed by atoms with Gasteiger partial charge in [0, 0.05) is 19.1 Å². The maximum atomic E-state index is 11.8. The van der Waals surface area contributed by atoms with Gasteiger partial charge in [-0.25, -0.2) is 4.79 Å². The van der Waals surface area contributed by atoms with Crippen molar-refractivity contribution in [3.8, 4) is 0 Å². The van der Waals surface area contributed by atoms with Gasteiger partial charge in [-0.1, -0.05) is 0 Å². The Morgan fingerprint density at radius 2 is 2.47 bits per heavy atom. The minimum Gasteiger partial charge on any atom is -0.459 e. The highest BCUT2D eigenvalue weighted by Crippen LogP contribution is 2.20. The van der Waals surface area contributed by atoms with E-state index in [0.717, 1.165) is 13.1 Å². The van der Waals surface area contributed by atoms with Gasteiger partial charge in [0.1, 0.15) is 17.6 Å². The van der Waals surface area contributed by atoms with Crippen LogP contribution in [0.2, 0.25) is 0 Å². The molecule has 0 aliphatic carbocycles. The Morgan fingerprint density at radius 3 is 3.11 bits per heavy atom. The number of ether oxygens (including phenoxy) is 2. The van der Waals surface area contributed by atoms with Crippen LogP contribution in [0.4, 0.5) is 5.69 Å². The van der Waals surface area contributed by atoms with Crippen LogP contribution < -0.4 is 5.73 Å². The van der Waals surface area contributed by atoms with Gasteiger partial charge in [0.25, 0.3) is 0 Å². The average molecular weight is 284 g/mol. The third kappa shape index (κ3) is 3.68. The molecule has 106 valence electrons. The fourth-order valence-electron chi connectivity index (χ4n) is 2.03. The molecule has 1 aromatic heterocycles. The van der Waals surface area contributed by atoms with Crippen LogP contribution in [0.3, 0.4) is 0 Å². The summed E-state index contributed by atoms with van der Waals surface area (Å²) in [4.78, 5) is 14.6. The number of carbonyl (C=O) groups excluding carboxylic acids is 1. The fourth-order valence-corrected chi connectivity index (χ4v) is 2.74. The van der Waals surface area contributed by atoms with Gasteiger partial charge in [-0.15, -0.1) is 11.3 Å². The molecule has 6 heteroatoms. The van der Waals surface area contributed by atoms with Gasteiger partial charge in [0.15, 0.2) is 0 Å². The summed E-state index contributed by atoms with van der Waals surface area (Å²) in [5, 5.41) is 1.78. The van der Waals surface area contributed by atoms with Gasteiger partial charge >= 0.3 is 5.97 Å². The van der Waals surface area contributed by atoms with Crippen LogP contribution >= 0.6 is 11.3 Å². The second-order valence-electron chi connectivity index (χ2n) is 4.89. The van der Waals surface area contributed by atoms with E-state index >= 15 is 0 Å². The molecule has 1 aliphatic rings. The smallest absolute Gasteiger partial charge is 0.350 e. The molecule has 1 aromatic rings. The number of hydrogen-bond acceptors (Lipinski definition) is 6. The molecule has 2 heterocycles. The second-order valence-corrected chi connectivity index (χ2v) is 5.80. The van der Waals surface area contributed by atoms with E-state index in [4.69, 9.17) is 15.2 Å². The maximum Gasteiger partial charge on any atom is 0.350 e. The van der Waals surface area contributed by atoms with E-state index in [-0.39, 0.29) is 18.7 Å². The van der Waals surface area contributed by atoms with Crippen LogP contribution in [-0.2, 0) is 9.47 Å². The molecule has 19 heavy (non-hydrogen) atoms. The number of morpholine rings is 1. The highest BCUT2D eigenvalue weighted by Gasteiger charge is 2.24. The lowest BCUT2D eigenvalue weighted by Gasteiger charge is -2.35. The topological polar surface area (TPSA) is 64.8 Å². The minimum absolute atomic E-state index is 0.0544. The van der Waals surface area contributed by atoms with Crippen molar-refractivity contribution >= 4 is 23.0 Å². The minimum atomic E-state index is -0.363. The molecule has 5 nitrogen and oxygen atoms in total. The quantitative estimate of drug-likeness (QED) is 0.851. The summed E-state index contributed by atoms with van der Waals surface area (Å²) in [5.41, 5.74) is 6.16. The zero-order chi connectivity index (χ0) is 13.8. The molecule has 0 bridgehead atoms. The molecule has 0 spiro atoms. The highest BCUT2D eigenvalue weighted by molar-refractivity contribution is 7.12. The van der Waals surface area contributed by atoms with Crippen LogP contribution in [-0.4, -0.2) is 49.3 Å². The van der Waals surface area contributed by atoms with Gasteiger partial charge in [-0.3, -0.25) is 4.90 Å². The second kappa shape index (κ2) is 6.36. The van der Waals surface area contributed by atoms with Crippen molar-refractivity contribution < 1.29 is 14.3 Å². The Kier molecular flexibility index (Phi) is 4.79. The summed E-state index contributed by atoms with van der Waals surface area (Å²) in [6.07, 6.45) is -0.0544. The molecule has 2 rings (SSSR count). The summed E-state index contributed by atoms with van der Waals surface area (Å²) in [6, 6.07) is 2.19. The molecule has 1 aliphatic heterocycles. The van der Waals surface area contributed by atoms with Crippen LogP contribution in [0.15, 0.2) is 11.4 Å². The lowest BCUT2D eigenvalue weighted by Crippen LogP contribution is -2.47. The third-order valence-corrected chi connectivity index (χ3v) is 4.09. The number of nitrogen functional groups attached to an aromatic ring is 1. The molecule has 2 N–H and O–H groups in total. The lowest BCUT2D eigenvalue weighted by molar-refractivity contribution is -0.0661. The van der Waals surface area contributed by atoms with Gasteiger partial charge in [-0.05, 0) is 25.3 Å². The van der Waals surface area contributed by atoms with Crippen molar-refractivity contribution in [3.63, 3.8) is 0 Å². The van der Waals surface area contributed by atoms with E-state index in [9.17, 15) is 4.79 Å². The number of carbonyl (C=O) groups is 1. The van der Waals surface area contributed by atoms with Gasteiger partial charge in [0.2, 0.25) is 0 Å². The summed E-state index contributed by atoms with van der Waals surface area (Å²) in [5.74, 6) is -0.363. The van der Waals surface area contributed by atoms with Crippen molar-refractivity contribution in [3.05, 3.63) is 16.3 Å². The molecule has 0 aromatic carbocycles. The van der Waals surface area contributed by atoms with Crippen molar-refractivity contribution in [2.45, 2.75) is 26.0 Å². The summed E-state index contributed by atoms with van der Waals surface area (Å²) >= 11 is 1.30. The zero-order valence-electron chi connectivity index (χ0n) is 11.3. The monoisotopic (exact) mass is 284 g/mol. The van der Waals surface area contributed by atoms with Crippen LogP contribution in [0.25, 0.3) is 0 Å². The van der Waals surface area contributed by atoms with Crippen molar-refractivity contribution in [2.24, 2.45) is 0 Å². The van der Waals surface area contributed by atoms with Crippen LogP contribution in [0.1, 0.15) is 23.5 Å². The molecular formula is C13H20N2O3S. The number of thiophene rings is 1.